The average molecular weight is 377 g/mol. The van der Waals surface area contributed by atoms with Gasteiger partial charge in [0.15, 0.2) is 0 Å². The van der Waals surface area contributed by atoms with E-state index in [-0.39, 0.29) is 23.8 Å². The van der Waals surface area contributed by atoms with Crippen molar-refractivity contribution in [2.75, 3.05) is 11.9 Å². The molecule has 1 aliphatic carbocycles. The van der Waals surface area contributed by atoms with Gasteiger partial charge < -0.3 is 10.2 Å². The van der Waals surface area contributed by atoms with Crippen LogP contribution in [0.4, 0.5) is 5.69 Å². The fraction of sp³-hybridized carbons (Fsp3) is 0.417. The third kappa shape index (κ3) is 3.56. The lowest BCUT2D eigenvalue weighted by Gasteiger charge is -2.45. The zero-order chi connectivity index (χ0) is 19.7. The summed E-state index contributed by atoms with van der Waals surface area (Å²) in [6.07, 6.45) is 4.28. The molecule has 146 valence electrons. The number of aryl methyl sites for hydroxylation is 1. The predicted molar refractivity (Wildman–Crippen MR) is 111 cm³/mol. The number of amides is 2. The minimum absolute atomic E-state index is 0.0150. The van der Waals surface area contributed by atoms with Gasteiger partial charge in [0.05, 0.1) is 0 Å². The van der Waals surface area contributed by atoms with Crippen molar-refractivity contribution in [2.45, 2.75) is 51.5 Å². The number of benzene rings is 2. The Balaban J connectivity index is 1.51. The van der Waals surface area contributed by atoms with Gasteiger partial charge in [-0.25, -0.2) is 0 Å². The first-order chi connectivity index (χ1) is 13.5. The highest BCUT2D eigenvalue weighted by Gasteiger charge is 2.38. The molecule has 28 heavy (non-hydrogen) atoms. The molecule has 2 atom stereocenters. The molecule has 1 fully saturated rings. The number of hydrogen-bond acceptors (Lipinski definition) is 2. The summed E-state index contributed by atoms with van der Waals surface area (Å²) >= 11 is 0. The Labute approximate surface area is 166 Å². The maximum absolute atomic E-state index is 13.2. The number of nitrogens with zero attached hydrogens (tertiary/aromatic N) is 1. The van der Waals surface area contributed by atoms with Crippen molar-refractivity contribution in [3.05, 3.63) is 65.2 Å². The van der Waals surface area contributed by atoms with Gasteiger partial charge in [-0.2, -0.15) is 0 Å². The van der Waals surface area contributed by atoms with E-state index < -0.39 is 0 Å². The molecule has 0 spiro atoms. The molecule has 1 N–H and O–H groups in total. The van der Waals surface area contributed by atoms with E-state index in [9.17, 15) is 9.59 Å². The van der Waals surface area contributed by atoms with Crippen LogP contribution in [0.15, 0.2) is 48.5 Å². The monoisotopic (exact) mass is 376 g/mol. The highest BCUT2D eigenvalue weighted by atomic mass is 16.2. The van der Waals surface area contributed by atoms with Crippen LogP contribution in [-0.2, 0) is 11.2 Å². The Morgan fingerprint density at radius 3 is 2.54 bits per heavy atom. The molecule has 2 aromatic rings. The van der Waals surface area contributed by atoms with Gasteiger partial charge in [-0.15, -0.1) is 0 Å². The van der Waals surface area contributed by atoms with Gasteiger partial charge in [0.1, 0.15) is 0 Å². The lowest BCUT2D eigenvalue weighted by molar-refractivity contribution is -0.118. The number of nitrogens with one attached hydrogen (secondary N) is 1. The van der Waals surface area contributed by atoms with Crippen molar-refractivity contribution in [3.8, 4) is 0 Å². The Hall–Kier alpha value is -2.62. The van der Waals surface area contributed by atoms with Gasteiger partial charge in [-0.05, 0) is 61.1 Å². The Bertz CT molecular complexity index is 872. The van der Waals surface area contributed by atoms with Crippen LogP contribution < -0.4 is 5.32 Å². The smallest absolute Gasteiger partial charge is 0.254 e. The Morgan fingerprint density at radius 1 is 1.04 bits per heavy atom. The second-order valence-electron chi connectivity index (χ2n) is 8.27. The Kier molecular flexibility index (Phi) is 5.21. The molecule has 1 saturated heterocycles. The van der Waals surface area contributed by atoms with Crippen LogP contribution >= 0.6 is 0 Å². The van der Waals surface area contributed by atoms with Gasteiger partial charge in [0, 0.05) is 35.7 Å². The molecule has 2 amide bonds. The zero-order valence-electron chi connectivity index (χ0n) is 16.7. The third-order valence-corrected chi connectivity index (χ3v) is 6.13. The molecule has 0 saturated carbocycles. The molecule has 2 aliphatic rings. The highest BCUT2D eigenvalue weighted by Crippen LogP contribution is 2.41. The first-order valence-electron chi connectivity index (χ1n) is 10.3. The largest absolute Gasteiger partial charge is 0.335 e. The third-order valence-electron chi connectivity index (χ3n) is 6.13. The van der Waals surface area contributed by atoms with E-state index in [0.29, 0.717) is 11.5 Å². The number of carbonyl (C=O) groups is 2. The summed E-state index contributed by atoms with van der Waals surface area (Å²) in [7, 11) is 0. The number of piperidine rings is 1. The number of likely N-dealkylation sites (tertiary alicyclic amines) is 1. The van der Waals surface area contributed by atoms with Crippen molar-refractivity contribution < 1.29 is 9.59 Å². The molecule has 2 unspecified atom stereocenters. The lowest BCUT2D eigenvalue weighted by Crippen LogP contribution is -2.49. The van der Waals surface area contributed by atoms with Crippen molar-refractivity contribution in [1.82, 2.24) is 4.90 Å². The minimum atomic E-state index is -0.0687. The minimum Gasteiger partial charge on any atom is -0.335 e. The van der Waals surface area contributed by atoms with Crippen molar-refractivity contribution in [1.29, 1.82) is 0 Å². The molecule has 4 heteroatoms. The van der Waals surface area contributed by atoms with E-state index in [1.165, 1.54) is 11.1 Å². The van der Waals surface area contributed by atoms with Gasteiger partial charge >= 0.3 is 0 Å². The first kappa shape index (κ1) is 18.7. The second kappa shape index (κ2) is 7.78. The van der Waals surface area contributed by atoms with Gasteiger partial charge in [0.2, 0.25) is 5.91 Å². The normalized spacial score (nSPS) is 21.0. The van der Waals surface area contributed by atoms with Gasteiger partial charge in [-0.1, -0.05) is 38.1 Å². The zero-order valence-corrected chi connectivity index (χ0v) is 16.7. The average Bonchev–Trinajstić information content (AvgIpc) is 2.73. The van der Waals surface area contributed by atoms with E-state index in [4.69, 9.17) is 0 Å². The van der Waals surface area contributed by atoms with E-state index in [1.54, 1.807) is 0 Å². The van der Waals surface area contributed by atoms with Crippen molar-refractivity contribution >= 4 is 17.5 Å². The lowest BCUT2D eigenvalue weighted by atomic mass is 9.74. The van der Waals surface area contributed by atoms with Gasteiger partial charge in [0.25, 0.3) is 5.91 Å². The van der Waals surface area contributed by atoms with E-state index in [1.807, 2.05) is 38.1 Å². The fourth-order valence-corrected chi connectivity index (χ4v) is 4.60. The summed E-state index contributed by atoms with van der Waals surface area (Å²) in [5.74, 6) is 0.475. The summed E-state index contributed by atoms with van der Waals surface area (Å²) in [5.41, 5.74) is 4.31. The van der Waals surface area contributed by atoms with Crippen molar-refractivity contribution in [2.24, 2.45) is 5.92 Å². The second-order valence-corrected chi connectivity index (χ2v) is 8.27. The van der Waals surface area contributed by atoms with Crippen LogP contribution in [0.5, 0.6) is 0 Å². The Morgan fingerprint density at radius 2 is 1.79 bits per heavy atom. The highest BCUT2D eigenvalue weighted by molar-refractivity contribution is 5.96. The summed E-state index contributed by atoms with van der Waals surface area (Å²) in [5, 5.41) is 2.88. The molecule has 4 rings (SSSR count). The summed E-state index contributed by atoms with van der Waals surface area (Å²) in [6.45, 7) is 4.55. The molecule has 0 aromatic heterocycles. The molecular formula is C24H28N2O2. The molecule has 0 bridgehead atoms. The van der Waals surface area contributed by atoms with Crippen LogP contribution in [0.25, 0.3) is 0 Å². The summed E-state index contributed by atoms with van der Waals surface area (Å²) < 4.78 is 0. The maximum Gasteiger partial charge on any atom is 0.254 e. The molecule has 2 aromatic carbocycles. The van der Waals surface area contributed by atoms with Crippen LogP contribution in [-0.4, -0.2) is 29.3 Å². The number of carbonyl (C=O) groups excluding carboxylic acids is 2. The first-order valence-corrected chi connectivity index (χ1v) is 10.3. The number of hydrogen-bond donors (Lipinski definition) is 1. The van der Waals surface area contributed by atoms with E-state index >= 15 is 0 Å². The summed E-state index contributed by atoms with van der Waals surface area (Å²) in [6, 6.07) is 16.3. The van der Waals surface area contributed by atoms with E-state index in [0.717, 1.165) is 37.9 Å². The number of anilines is 1. The molecule has 1 aliphatic heterocycles. The van der Waals surface area contributed by atoms with Crippen molar-refractivity contribution in [3.63, 3.8) is 0 Å². The number of fused-ring (bicyclic) bond motifs is 3. The molecule has 4 nitrogen and oxygen atoms in total. The van der Waals surface area contributed by atoms with E-state index in [2.05, 4.69) is 34.5 Å². The maximum atomic E-state index is 13.2. The SMILES string of the molecule is CC(C)C(=O)Nc1ccc(C(=O)N2CCCC3c4ccccc4CCC32)cc1. The van der Waals surface area contributed by atoms with Crippen LogP contribution in [0.3, 0.4) is 0 Å². The topological polar surface area (TPSA) is 49.4 Å². The quantitative estimate of drug-likeness (QED) is 0.850. The van der Waals surface area contributed by atoms with Crippen LogP contribution in [0.2, 0.25) is 0 Å². The van der Waals surface area contributed by atoms with Crippen LogP contribution in [0.1, 0.15) is 60.5 Å². The predicted octanol–water partition coefficient (Wildman–Crippen LogP) is 4.62. The number of rotatable bonds is 3. The molecular weight excluding hydrogens is 348 g/mol. The fourth-order valence-electron chi connectivity index (χ4n) is 4.60. The van der Waals surface area contributed by atoms with Gasteiger partial charge in [-0.3, -0.25) is 9.59 Å². The molecule has 1 heterocycles. The molecule has 0 radical (unpaired) electrons. The standard InChI is InChI=1S/C24H28N2O2/c1-16(2)23(27)25-19-12-9-18(10-13-19)24(28)26-15-5-8-21-20-7-4-3-6-17(20)11-14-22(21)26/h3-4,6-7,9-10,12-13,16,21-22H,5,8,11,14-15H2,1-2H3,(H,25,27). The van der Waals surface area contributed by atoms with Crippen LogP contribution in [0, 0.1) is 5.92 Å². The summed E-state index contributed by atoms with van der Waals surface area (Å²) in [4.78, 5) is 27.2.